The van der Waals surface area contributed by atoms with E-state index in [4.69, 9.17) is 22.6 Å². The Kier molecular flexibility index (Phi) is 3.88. The highest BCUT2D eigenvalue weighted by molar-refractivity contribution is 6.30. The van der Waals surface area contributed by atoms with Gasteiger partial charge in [0, 0.05) is 5.02 Å². The van der Waals surface area contributed by atoms with Crippen molar-refractivity contribution in [3.05, 3.63) is 34.9 Å². The Morgan fingerprint density at radius 2 is 2.07 bits per heavy atom. The maximum absolute atomic E-state index is 10.8. The number of carbonyl (C=O) groups is 1. The van der Waals surface area contributed by atoms with Gasteiger partial charge in [-0.25, -0.2) is 5.90 Å². The molecule has 0 bridgehead atoms. The predicted octanol–water partition coefficient (Wildman–Crippen LogP) is 1.40. The first-order valence-corrected chi connectivity index (χ1v) is 4.33. The van der Waals surface area contributed by atoms with Crippen LogP contribution in [0.2, 0.25) is 5.02 Å². The zero-order chi connectivity index (χ0) is 10.6. The molecule has 1 atom stereocenters. The van der Waals surface area contributed by atoms with Crippen LogP contribution in [0.4, 0.5) is 0 Å². The molecule has 0 aromatic heterocycles. The van der Waals surface area contributed by atoms with Gasteiger partial charge in [-0.2, -0.15) is 0 Å². The SMILES string of the molecule is NOCC(C(=O)O)c1ccc(Cl)cc1. The summed E-state index contributed by atoms with van der Waals surface area (Å²) in [5.74, 6) is 3.12. The lowest BCUT2D eigenvalue weighted by Crippen LogP contribution is -2.19. The van der Waals surface area contributed by atoms with E-state index in [2.05, 4.69) is 4.84 Å². The fourth-order valence-corrected chi connectivity index (χ4v) is 1.23. The molecule has 1 unspecified atom stereocenters. The topological polar surface area (TPSA) is 72.5 Å². The lowest BCUT2D eigenvalue weighted by atomic mass is 10.0. The molecule has 1 rings (SSSR count). The average Bonchev–Trinajstić information content (AvgIpc) is 2.15. The second kappa shape index (κ2) is 4.95. The van der Waals surface area contributed by atoms with Crippen LogP contribution in [-0.2, 0) is 9.63 Å². The van der Waals surface area contributed by atoms with Crippen molar-refractivity contribution in [3.63, 3.8) is 0 Å². The molecule has 0 saturated carbocycles. The maximum Gasteiger partial charge on any atom is 0.313 e. The van der Waals surface area contributed by atoms with Crippen molar-refractivity contribution in [1.82, 2.24) is 0 Å². The van der Waals surface area contributed by atoms with Crippen molar-refractivity contribution >= 4 is 17.6 Å². The summed E-state index contributed by atoms with van der Waals surface area (Å²) in [6.07, 6.45) is 0. The normalized spacial score (nSPS) is 12.4. The Hall–Kier alpha value is -1.10. The lowest BCUT2D eigenvalue weighted by molar-refractivity contribution is -0.140. The summed E-state index contributed by atoms with van der Waals surface area (Å²) in [6, 6.07) is 6.53. The third-order valence-corrected chi connectivity index (χ3v) is 2.09. The van der Waals surface area contributed by atoms with E-state index in [9.17, 15) is 4.79 Å². The molecule has 0 heterocycles. The highest BCUT2D eigenvalue weighted by atomic mass is 35.5. The molecule has 76 valence electrons. The highest BCUT2D eigenvalue weighted by Gasteiger charge is 2.19. The van der Waals surface area contributed by atoms with Crippen LogP contribution in [-0.4, -0.2) is 17.7 Å². The van der Waals surface area contributed by atoms with Crippen LogP contribution < -0.4 is 5.90 Å². The van der Waals surface area contributed by atoms with Gasteiger partial charge in [0.2, 0.25) is 0 Å². The van der Waals surface area contributed by atoms with Crippen molar-refractivity contribution in [2.24, 2.45) is 5.90 Å². The first-order valence-electron chi connectivity index (χ1n) is 3.95. The van der Waals surface area contributed by atoms with Crippen molar-refractivity contribution in [1.29, 1.82) is 0 Å². The Labute approximate surface area is 86.2 Å². The molecular weight excluding hydrogens is 206 g/mol. The van der Waals surface area contributed by atoms with Crippen LogP contribution in [0.1, 0.15) is 11.5 Å². The number of aliphatic carboxylic acids is 1. The van der Waals surface area contributed by atoms with Gasteiger partial charge in [-0.1, -0.05) is 23.7 Å². The van der Waals surface area contributed by atoms with Gasteiger partial charge in [0.1, 0.15) is 5.92 Å². The second-order valence-corrected chi connectivity index (χ2v) is 3.21. The van der Waals surface area contributed by atoms with E-state index in [-0.39, 0.29) is 6.61 Å². The quantitative estimate of drug-likeness (QED) is 0.745. The molecule has 0 spiro atoms. The summed E-state index contributed by atoms with van der Waals surface area (Å²) in [5.41, 5.74) is 0.618. The number of nitrogens with two attached hydrogens (primary N) is 1. The molecule has 0 fully saturated rings. The third kappa shape index (κ3) is 2.70. The van der Waals surface area contributed by atoms with Crippen molar-refractivity contribution in [3.8, 4) is 0 Å². The number of rotatable bonds is 4. The van der Waals surface area contributed by atoms with Gasteiger partial charge in [-0.15, -0.1) is 0 Å². The number of carboxylic acids is 1. The summed E-state index contributed by atoms with van der Waals surface area (Å²) >= 11 is 5.67. The van der Waals surface area contributed by atoms with Crippen LogP contribution in [0.5, 0.6) is 0 Å². The molecule has 4 nitrogen and oxygen atoms in total. The highest BCUT2D eigenvalue weighted by Crippen LogP contribution is 2.18. The van der Waals surface area contributed by atoms with Crippen LogP contribution in [0.3, 0.4) is 0 Å². The zero-order valence-corrected chi connectivity index (χ0v) is 8.07. The molecule has 0 amide bonds. The molecule has 3 N–H and O–H groups in total. The van der Waals surface area contributed by atoms with Crippen molar-refractivity contribution in [2.45, 2.75) is 5.92 Å². The summed E-state index contributed by atoms with van der Waals surface area (Å²) in [7, 11) is 0. The van der Waals surface area contributed by atoms with Gasteiger partial charge in [-0.05, 0) is 17.7 Å². The minimum absolute atomic E-state index is 0.0586. The van der Waals surface area contributed by atoms with E-state index >= 15 is 0 Å². The van der Waals surface area contributed by atoms with Gasteiger partial charge in [0.05, 0.1) is 6.61 Å². The smallest absolute Gasteiger partial charge is 0.313 e. The van der Waals surface area contributed by atoms with Gasteiger partial charge in [-0.3, -0.25) is 4.79 Å². The number of hydrogen-bond donors (Lipinski definition) is 2. The maximum atomic E-state index is 10.8. The second-order valence-electron chi connectivity index (χ2n) is 2.78. The molecule has 0 radical (unpaired) electrons. The number of benzene rings is 1. The average molecular weight is 216 g/mol. The van der Waals surface area contributed by atoms with Crippen LogP contribution in [0.25, 0.3) is 0 Å². The molecule has 14 heavy (non-hydrogen) atoms. The van der Waals surface area contributed by atoms with E-state index in [1.54, 1.807) is 24.3 Å². The Bertz CT molecular complexity index is 312. The minimum atomic E-state index is -0.974. The first kappa shape index (κ1) is 11.0. The molecular formula is C9H10ClNO3. The molecule has 5 heteroatoms. The summed E-state index contributed by atoms with van der Waals surface area (Å²) < 4.78 is 0. The third-order valence-electron chi connectivity index (χ3n) is 1.83. The zero-order valence-electron chi connectivity index (χ0n) is 7.31. The summed E-state index contributed by atoms with van der Waals surface area (Å²) in [6.45, 7) is -0.0586. The van der Waals surface area contributed by atoms with Gasteiger partial charge in [0.15, 0.2) is 0 Å². The van der Waals surface area contributed by atoms with Gasteiger partial charge >= 0.3 is 5.97 Å². The van der Waals surface area contributed by atoms with Crippen LogP contribution in [0, 0.1) is 0 Å². The van der Waals surface area contributed by atoms with E-state index in [1.165, 1.54) is 0 Å². The van der Waals surface area contributed by atoms with Gasteiger partial charge in [0.25, 0.3) is 0 Å². The van der Waals surface area contributed by atoms with Gasteiger partial charge < -0.3 is 9.94 Å². The van der Waals surface area contributed by atoms with E-state index < -0.39 is 11.9 Å². The van der Waals surface area contributed by atoms with E-state index in [0.717, 1.165) is 0 Å². The predicted molar refractivity (Wildman–Crippen MR) is 52.0 cm³/mol. The lowest BCUT2D eigenvalue weighted by Gasteiger charge is -2.10. The Morgan fingerprint density at radius 3 is 2.50 bits per heavy atom. The number of hydrogen-bond acceptors (Lipinski definition) is 3. The standard InChI is InChI=1S/C9H10ClNO3/c10-7-3-1-6(2-4-7)8(5-14-11)9(12)13/h1-4,8H,5,11H2,(H,12,13). The molecule has 0 aliphatic heterocycles. The van der Waals surface area contributed by atoms with Crippen molar-refractivity contribution < 1.29 is 14.7 Å². The number of halogens is 1. The molecule has 0 saturated heterocycles. The van der Waals surface area contributed by atoms with E-state index in [1.807, 2.05) is 0 Å². The van der Waals surface area contributed by atoms with E-state index in [0.29, 0.717) is 10.6 Å². The molecule has 1 aromatic rings. The molecule has 1 aromatic carbocycles. The Morgan fingerprint density at radius 1 is 1.50 bits per heavy atom. The van der Waals surface area contributed by atoms with Crippen molar-refractivity contribution in [2.75, 3.05) is 6.61 Å². The fraction of sp³-hybridized carbons (Fsp3) is 0.222. The number of carboxylic acid groups (broad SMARTS) is 1. The summed E-state index contributed by atoms with van der Waals surface area (Å²) in [5, 5.41) is 9.42. The Balaban J connectivity index is 2.87. The fourth-order valence-electron chi connectivity index (χ4n) is 1.10. The monoisotopic (exact) mass is 215 g/mol. The summed E-state index contributed by atoms with van der Waals surface area (Å²) in [4.78, 5) is 15.1. The minimum Gasteiger partial charge on any atom is -0.481 e. The first-order chi connectivity index (χ1) is 6.65. The molecule has 0 aliphatic rings. The molecule has 0 aliphatic carbocycles. The largest absolute Gasteiger partial charge is 0.481 e. The van der Waals surface area contributed by atoms with Crippen LogP contribution >= 0.6 is 11.6 Å². The van der Waals surface area contributed by atoms with Crippen LogP contribution in [0.15, 0.2) is 24.3 Å².